The number of carbonyl (C=O) groups excluding carboxylic acids is 2. The predicted molar refractivity (Wildman–Crippen MR) is 120 cm³/mol. The monoisotopic (exact) mass is 456 g/mol. The van der Waals surface area contributed by atoms with E-state index in [4.69, 9.17) is 4.74 Å². The Bertz CT molecular complexity index is 762. The Labute approximate surface area is 187 Å². The average molecular weight is 457 g/mol. The lowest BCUT2D eigenvalue weighted by Crippen LogP contribution is -2.67. The summed E-state index contributed by atoms with van der Waals surface area (Å²) in [6.45, 7) is 8.05. The first-order valence-corrected chi connectivity index (χ1v) is 13.9. The molecule has 1 heterocycles. The molecule has 7 nitrogen and oxygen atoms in total. The van der Waals surface area contributed by atoms with E-state index in [9.17, 15) is 18.0 Å². The van der Waals surface area contributed by atoms with Gasteiger partial charge < -0.3 is 14.5 Å². The zero-order valence-corrected chi connectivity index (χ0v) is 20.6. The zero-order chi connectivity index (χ0) is 22.9. The summed E-state index contributed by atoms with van der Waals surface area (Å²) in [5.41, 5.74) is 0. The van der Waals surface area contributed by atoms with Gasteiger partial charge in [-0.2, -0.15) is 0 Å². The van der Waals surface area contributed by atoms with Crippen LogP contribution in [-0.4, -0.2) is 72.5 Å². The summed E-state index contributed by atoms with van der Waals surface area (Å²) in [7, 11) is -2.97. The fourth-order valence-corrected chi connectivity index (χ4v) is 7.28. The van der Waals surface area contributed by atoms with Crippen LogP contribution in [0.15, 0.2) is 0 Å². The molecule has 0 spiro atoms. The fourth-order valence-electron chi connectivity index (χ4n) is 6.15. The van der Waals surface area contributed by atoms with Crippen LogP contribution in [0.2, 0.25) is 0 Å². The number of nitrogens with zero attached hydrogens (tertiary/aromatic N) is 2. The Hall–Kier alpha value is -1.31. The van der Waals surface area contributed by atoms with Crippen molar-refractivity contribution < 1.29 is 22.7 Å². The summed E-state index contributed by atoms with van der Waals surface area (Å²) in [6, 6.07) is -0.0117. The molecule has 3 rings (SSSR count). The van der Waals surface area contributed by atoms with E-state index in [0.29, 0.717) is 18.4 Å². The Morgan fingerprint density at radius 1 is 1.03 bits per heavy atom. The molecule has 1 saturated heterocycles. The van der Waals surface area contributed by atoms with Crippen molar-refractivity contribution >= 4 is 21.8 Å². The van der Waals surface area contributed by atoms with E-state index in [1.807, 2.05) is 30.6 Å². The molecular weight excluding hydrogens is 416 g/mol. The van der Waals surface area contributed by atoms with Gasteiger partial charge in [0.1, 0.15) is 15.9 Å². The molecule has 3 fully saturated rings. The number of hydrogen-bond donors (Lipinski definition) is 0. The van der Waals surface area contributed by atoms with Gasteiger partial charge in [-0.05, 0) is 77.0 Å². The van der Waals surface area contributed by atoms with Gasteiger partial charge in [0.05, 0.1) is 17.3 Å². The van der Waals surface area contributed by atoms with Crippen molar-refractivity contribution in [1.82, 2.24) is 9.80 Å². The Kier molecular flexibility index (Phi) is 7.59. The summed E-state index contributed by atoms with van der Waals surface area (Å²) in [4.78, 5) is 29.3. The Morgan fingerprint density at radius 2 is 1.65 bits per heavy atom. The molecule has 0 aromatic rings. The van der Waals surface area contributed by atoms with Crippen molar-refractivity contribution in [2.45, 2.75) is 109 Å². The minimum absolute atomic E-state index is 0.0232. The van der Waals surface area contributed by atoms with Gasteiger partial charge in [0, 0.05) is 25.8 Å². The maximum atomic E-state index is 13.0. The first-order chi connectivity index (χ1) is 14.5. The second kappa shape index (κ2) is 9.67. The molecule has 4 unspecified atom stereocenters. The van der Waals surface area contributed by atoms with Crippen LogP contribution in [-0.2, 0) is 19.4 Å². The number of hydrogen-bond acceptors (Lipinski definition) is 5. The molecule has 2 saturated carbocycles. The predicted octanol–water partition coefficient (Wildman–Crippen LogP) is 3.61. The van der Waals surface area contributed by atoms with Crippen LogP contribution in [0.3, 0.4) is 0 Å². The molecule has 0 radical (unpaired) electrons. The van der Waals surface area contributed by atoms with E-state index in [1.165, 1.54) is 6.26 Å². The van der Waals surface area contributed by atoms with Crippen molar-refractivity contribution in [3.8, 4) is 0 Å². The molecule has 0 aromatic heterocycles. The highest BCUT2D eigenvalue weighted by Crippen LogP contribution is 2.43. The molecule has 178 valence electrons. The Balaban J connectivity index is 1.74. The molecule has 3 aliphatic rings. The smallest absolute Gasteiger partial charge is 0.410 e. The minimum atomic E-state index is -2.97. The van der Waals surface area contributed by atoms with E-state index in [1.54, 1.807) is 6.92 Å². The number of piperazine rings is 1. The van der Waals surface area contributed by atoms with E-state index in [0.717, 1.165) is 51.4 Å². The van der Waals surface area contributed by atoms with Crippen molar-refractivity contribution in [3.63, 3.8) is 0 Å². The number of sulfone groups is 1. The lowest BCUT2D eigenvalue weighted by Gasteiger charge is -2.54. The van der Waals surface area contributed by atoms with Crippen molar-refractivity contribution in [3.05, 3.63) is 0 Å². The van der Waals surface area contributed by atoms with E-state index >= 15 is 0 Å². The van der Waals surface area contributed by atoms with E-state index in [2.05, 4.69) is 0 Å². The van der Waals surface area contributed by atoms with Crippen LogP contribution in [0, 0.1) is 11.8 Å². The van der Waals surface area contributed by atoms with Gasteiger partial charge in [0.15, 0.2) is 0 Å². The minimum Gasteiger partial charge on any atom is -0.446 e. The zero-order valence-electron chi connectivity index (χ0n) is 19.7. The summed E-state index contributed by atoms with van der Waals surface area (Å²) >= 11 is 0. The second-order valence-electron chi connectivity index (χ2n) is 10.1. The number of amides is 2. The molecule has 8 heteroatoms. The van der Waals surface area contributed by atoms with Gasteiger partial charge >= 0.3 is 6.09 Å². The number of ether oxygens (including phenoxy) is 1. The molecule has 31 heavy (non-hydrogen) atoms. The number of rotatable bonds is 4. The molecule has 2 amide bonds. The summed E-state index contributed by atoms with van der Waals surface area (Å²) in [5, 5.41) is -0.203. The molecular formula is C23H40N2O5S. The van der Waals surface area contributed by atoms with Crippen molar-refractivity contribution in [1.29, 1.82) is 0 Å². The van der Waals surface area contributed by atoms with Gasteiger partial charge in [-0.1, -0.05) is 6.92 Å². The van der Waals surface area contributed by atoms with Gasteiger partial charge in [-0.3, -0.25) is 4.79 Å². The quantitative estimate of drug-likeness (QED) is 0.645. The maximum absolute atomic E-state index is 13.0. The highest BCUT2D eigenvalue weighted by atomic mass is 32.2. The first kappa shape index (κ1) is 24.3. The molecule has 0 N–H and O–H groups in total. The number of carbonyl (C=O) groups is 2. The third kappa shape index (κ3) is 5.37. The van der Waals surface area contributed by atoms with Crippen molar-refractivity contribution in [2.24, 2.45) is 11.8 Å². The summed E-state index contributed by atoms with van der Waals surface area (Å²) in [5.74, 6) is 1.03. The first-order valence-electron chi connectivity index (χ1n) is 12.0. The highest BCUT2D eigenvalue weighted by Gasteiger charge is 2.48. The largest absolute Gasteiger partial charge is 0.446 e. The van der Waals surface area contributed by atoms with Crippen LogP contribution in [0.25, 0.3) is 0 Å². The SMILES string of the molecule is CCC(C)OC(=O)N1C[C@H](C)N(C(C)=O)C2CCC(C3CCC(S(C)(=O)=O)CC3)CC21. The van der Waals surface area contributed by atoms with Gasteiger partial charge in [0.25, 0.3) is 0 Å². The van der Waals surface area contributed by atoms with Gasteiger partial charge in [0.2, 0.25) is 5.91 Å². The lowest BCUT2D eigenvalue weighted by molar-refractivity contribution is -0.142. The average Bonchev–Trinajstić information content (AvgIpc) is 2.71. The topological polar surface area (TPSA) is 84.0 Å². The molecule has 1 aliphatic heterocycles. The van der Waals surface area contributed by atoms with Crippen LogP contribution < -0.4 is 0 Å². The molecule has 0 aromatic carbocycles. The third-order valence-corrected chi connectivity index (χ3v) is 9.66. The normalized spacial score (nSPS) is 35.3. The van der Waals surface area contributed by atoms with E-state index < -0.39 is 9.84 Å². The summed E-state index contributed by atoms with van der Waals surface area (Å²) in [6.07, 6.45) is 7.86. The second-order valence-corrected chi connectivity index (χ2v) is 12.4. The summed E-state index contributed by atoms with van der Waals surface area (Å²) < 4.78 is 29.5. The lowest BCUT2D eigenvalue weighted by atomic mass is 9.69. The van der Waals surface area contributed by atoms with Gasteiger partial charge in [-0.15, -0.1) is 0 Å². The standard InChI is InChI=1S/C23H40N2O5S/c1-6-16(3)30-23(27)24-14-15(2)25(17(4)26)21-12-9-19(13-22(21)24)18-7-10-20(11-8-18)31(5,28)29/h15-16,18-22H,6-14H2,1-5H3/t15-,16?,18?,19?,20?,21?,22?/m0/s1. The number of fused-ring (bicyclic) bond motifs is 1. The van der Waals surface area contributed by atoms with Crippen LogP contribution in [0.4, 0.5) is 4.79 Å². The van der Waals surface area contributed by atoms with Crippen LogP contribution >= 0.6 is 0 Å². The molecule has 0 bridgehead atoms. The maximum Gasteiger partial charge on any atom is 0.410 e. The van der Waals surface area contributed by atoms with Gasteiger partial charge in [-0.25, -0.2) is 13.2 Å². The highest BCUT2D eigenvalue weighted by molar-refractivity contribution is 7.91. The Morgan fingerprint density at radius 3 is 2.19 bits per heavy atom. The molecule has 2 aliphatic carbocycles. The third-order valence-electron chi connectivity index (χ3n) is 7.98. The molecule has 5 atom stereocenters. The van der Waals surface area contributed by atoms with E-state index in [-0.39, 0.29) is 41.5 Å². The fraction of sp³-hybridized carbons (Fsp3) is 0.913. The van der Waals surface area contributed by atoms with Crippen molar-refractivity contribution in [2.75, 3.05) is 12.8 Å². The van der Waals surface area contributed by atoms with Crippen LogP contribution in [0.5, 0.6) is 0 Å². The van der Waals surface area contributed by atoms with Crippen LogP contribution in [0.1, 0.15) is 79.1 Å².